The third-order valence-corrected chi connectivity index (χ3v) is 5.74. The second-order valence-electron chi connectivity index (χ2n) is 6.60. The van der Waals surface area contributed by atoms with Crippen LogP contribution in [0.4, 0.5) is 5.69 Å². The SMILES string of the molecule is C[C@@H]1CCc2sc(C(=O)OCC(=O)Nc3ccc4c(c3)OCO4)cc2C1. The lowest BCUT2D eigenvalue weighted by Crippen LogP contribution is -2.20. The van der Waals surface area contributed by atoms with Crippen molar-refractivity contribution in [3.05, 3.63) is 39.6 Å². The van der Waals surface area contributed by atoms with Gasteiger partial charge in [-0.1, -0.05) is 6.92 Å². The fourth-order valence-electron chi connectivity index (χ4n) is 3.18. The molecule has 2 aromatic rings. The van der Waals surface area contributed by atoms with Gasteiger partial charge in [-0.05, 0) is 48.9 Å². The number of ether oxygens (including phenoxy) is 3. The number of hydrogen-bond donors (Lipinski definition) is 1. The molecular formula is C19H19NO5S. The molecule has 26 heavy (non-hydrogen) atoms. The molecule has 0 fully saturated rings. The standard InChI is InChI=1S/C19H19NO5S/c1-11-2-5-16-12(6-11)7-17(26-16)19(22)23-9-18(21)20-13-3-4-14-15(8-13)25-10-24-14/h3-4,7-8,11H,2,5-6,9-10H2,1H3,(H,20,21)/t11-/m1/s1. The van der Waals surface area contributed by atoms with Crippen LogP contribution in [0.25, 0.3) is 0 Å². The number of carbonyl (C=O) groups is 2. The molecule has 0 radical (unpaired) electrons. The van der Waals surface area contributed by atoms with Crippen molar-refractivity contribution in [3.8, 4) is 11.5 Å². The third-order valence-electron chi connectivity index (χ3n) is 4.52. The maximum Gasteiger partial charge on any atom is 0.348 e. The molecule has 1 aromatic heterocycles. The molecule has 0 spiro atoms. The van der Waals surface area contributed by atoms with Crippen LogP contribution in [0.5, 0.6) is 11.5 Å². The molecule has 1 atom stereocenters. The highest BCUT2D eigenvalue weighted by atomic mass is 32.1. The third kappa shape index (κ3) is 3.53. The van der Waals surface area contributed by atoms with E-state index in [0.717, 1.165) is 19.3 Å². The van der Waals surface area contributed by atoms with E-state index in [-0.39, 0.29) is 13.4 Å². The fourth-order valence-corrected chi connectivity index (χ4v) is 4.28. The molecular weight excluding hydrogens is 354 g/mol. The van der Waals surface area contributed by atoms with Crippen LogP contribution in [0.15, 0.2) is 24.3 Å². The van der Waals surface area contributed by atoms with Gasteiger partial charge in [0.05, 0.1) is 0 Å². The van der Waals surface area contributed by atoms with Crippen LogP contribution >= 0.6 is 11.3 Å². The second kappa shape index (κ2) is 6.99. The fraction of sp³-hybridized carbons (Fsp3) is 0.368. The minimum atomic E-state index is -0.446. The van der Waals surface area contributed by atoms with Crippen LogP contribution in [-0.2, 0) is 22.4 Å². The van der Waals surface area contributed by atoms with Crippen LogP contribution < -0.4 is 14.8 Å². The Bertz CT molecular complexity index is 860. The Hall–Kier alpha value is -2.54. The van der Waals surface area contributed by atoms with Gasteiger partial charge in [0.15, 0.2) is 18.1 Å². The Morgan fingerprint density at radius 3 is 3.00 bits per heavy atom. The van der Waals surface area contributed by atoms with Crippen molar-refractivity contribution >= 4 is 28.9 Å². The predicted octanol–water partition coefficient (Wildman–Crippen LogP) is 3.40. The highest BCUT2D eigenvalue weighted by Crippen LogP contribution is 2.34. The average Bonchev–Trinajstić information content (AvgIpc) is 3.25. The number of carbonyl (C=O) groups excluding carboxylic acids is 2. The van der Waals surface area contributed by atoms with Crippen LogP contribution in [0.3, 0.4) is 0 Å². The molecule has 7 heteroatoms. The molecule has 1 aliphatic carbocycles. The molecule has 2 heterocycles. The summed E-state index contributed by atoms with van der Waals surface area (Å²) in [6.07, 6.45) is 3.17. The van der Waals surface area contributed by atoms with Gasteiger partial charge in [-0.2, -0.15) is 0 Å². The Kier molecular flexibility index (Phi) is 4.55. The Balaban J connectivity index is 1.32. The summed E-state index contributed by atoms with van der Waals surface area (Å²) in [6, 6.07) is 7.02. The number of hydrogen-bond acceptors (Lipinski definition) is 6. The van der Waals surface area contributed by atoms with Crippen molar-refractivity contribution in [2.75, 3.05) is 18.7 Å². The summed E-state index contributed by atoms with van der Waals surface area (Å²) in [4.78, 5) is 26.1. The number of thiophene rings is 1. The van der Waals surface area contributed by atoms with Gasteiger partial charge in [-0.3, -0.25) is 4.79 Å². The summed E-state index contributed by atoms with van der Waals surface area (Å²) in [7, 11) is 0. The van der Waals surface area contributed by atoms with E-state index in [1.807, 2.05) is 6.07 Å². The Morgan fingerprint density at radius 1 is 1.27 bits per heavy atom. The summed E-state index contributed by atoms with van der Waals surface area (Å²) in [5, 5.41) is 2.68. The van der Waals surface area contributed by atoms with Crippen molar-refractivity contribution in [3.63, 3.8) is 0 Å². The Labute approximate surface area is 155 Å². The quantitative estimate of drug-likeness (QED) is 0.832. The van der Waals surface area contributed by atoms with E-state index < -0.39 is 11.9 Å². The molecule has 6 nitrogen and oxygen atoms in total. The maximum atomic E-state index is 12.2. The lowest BCUT2D eigenvalue weighted by molar-refractivity contribution is -0.119. The largest absolute Gasteiger partial charge is 0.454 e. The molecule has 1 aromatic carbocycles. The van der Waals surface area contributed by atoms with E-state index in [9.17, 15) is 9.59 Å². The van der Waals surface area contributed by atoms with E-state index in [1.54, 1.807) is 18.2 Å². The lowest BCUT2D eigenvalue weighted by Gasteiger charge is -2.16. The van der Waals surface area contributed by atoms with Crippen LogP contribution in [0.2, 0.25) is 0 Å². The summed E-state index contributed by atoms with van der Waals surface area (Å²) < 4.78 is 15.7. The van der Waals surface area contributed by atoms with E-state index >= 15 is 0 Å². The second-order valence-corrected chi connectivity index (χ2v) is 7.74. The van der Waals surface area contributed by atoms with E-state index in [1.165, 1.54) is 21.8 Å². The molecule has 0 saturated heterocycles. The number of benzene rings is 1. The first-order valence-electron chi connectivity index (χ1n) is 8.56. The number of nitrogens with one attached hydrogen (secondary N) is 1. The summed E-state index contributed by atoms with van der Waals surface area (Å²) >= 11 is 1.48. The number of anilines is 1. The molecule has 2 aliphatic rings. The number of rotatable bonds is 4. The number of fused-ring (bicyclic) bond motifs is 2. The van der Waals surface area contributed by atoms with Crippen LogP contribution in [0, 0.1) is 5.92 Å². The predicted molar refractivity (Wildman–Crippen MR) is 97.0 cm³/mol. The lowest BCUT2D eigenvalue weighted by atomic mass is 9.90. The average molecular weight is 373 g/mol. The first-order valence-corrected chi connectivity index (χ1v) is 9.38. The molecule has 0 saturated carbocycles. The van der Waals surface area contributed by atoms with Crippen LogP contribution in [-0.4, -0.2) is 25.3 Å². The minimum absolute atomic E-state index is 0.175. The van der Waals surface area contributed by atoms with E-state index in [0.29, 0.717) is 28.0 Å². The summed E-state index contributed by atoms with van der Waals surface area (Å²) in [5.41, 5.74) is 1.81. The van der Waals surface area contributed by atoms with Crippen molar-refractivity contribution in [2.45, 2.75) is 26.2 Å². The van der Waals surface area contributed by atoms with E-state index in [4.69, 9.17) is 14.2 Å². The normalized spacial score (nSPS) is 17.5. The molecule has 1 amide bonds. The van der Waals surface area contributed by atoms with Gasteiger partial charge in [-0.25, -0.2) is 4.79 Å². The zero-order valence-corrected chi connectivity index (χ0v) is 15.2. The van der Waals surface area contributed by atoms with Gasteiger partial charge in [0.1, 0.15) is 4.88 Å². The van der Waals surface area contributed by atoms with Crippen LogP contribution in [0.1, 0.15) is 33.5 Å². The molecule has 1 N–H and O–H groups in total. The first kappa shape index (κ1) is 16.9. The molecule has 0 bridgehead atoms. The zero-order chi connectivity index (χ0) is 18.1. The first-order chi connectivity index (χ1) is 12.6. The van der Waals surface area contributed by atoms with Gasteiger partial charge in [0.25, 0.3) is 5.91 Å². The number of aryl methyl sites for hydroxylation is 1. The highest BCUT2D eigenvalue weighted by molar-refractivity contribution is 7.14. The Morgan fingerprint density at radius 2 is 2.12 bits per heavy atom. The smallest absolute Gasteiger partial charge is 0.348 e. The summed E-state index contributed by atoms with van der Waals surface area (Å²) in [6.45, 7) is 2.07. The number of amides is 1. The molecule has 1 aliphatic heterocycles. The van der Waals surface area contributed by atoms with Crippen molar-refractivity contribution in [2.24, 2.45) is 5.92 Å². The number of esters is 1. The minimum Gasteiger partial charge on any atom is -0.454 e. The van der Waals surface area contributed by atoms with Crippen molar-refractivity contribution < 1.29 is 23.8 Å². The van der Waals surface area contributed by atoms with E-state index in [2.05, 4.69) is 12.2 Å². The van der Waals surface area contributed by atoms with Gasteiger partial charge in [0, 0.05) is 16.6 Å². The topological polar surface area (TPSA) is 73.9 Å². The summed E-state index contributed by atoms with van der Waals surface area (Å²) in [5.74, 6) is 1.03. The highest BCUT2D eigenvalue weighted by Gasteiger charge is 2.22. The molecule has 0 unspecified atom stereocenters. The zero-order valence-electron chi connectivity index (χ0n) is 14.4. The van der Waals surface area contributed by atoms with Crippen molar-refractivity contribution in [1.29, 1.82) is 0 Å². The molecule has 4 rings (SSSR count). The molecule has 136 valence electrons. The van der Waals surface area contributed by atoms with Gasteiger partial charge in [-0.15, -0.1) is 11.3 Å². The van der Waals surface area contributed by atoms with Gasteiger partial charge in [0.2, 0.25) is 6.79 Å². The van der Waals surface area contributed by atoms with Crippen molar-refractivity contribution in [1.82, 2.24) is 0 Å². The van der Waals surface area contributed by atoms with Gasteiger partial charge < -0.3 is 19.5 Å². The monoisotopic (exact) mass is 373 g/mol. The maximum absolute atomic E-state index is 12.2. The van der Waals surface area contributed by atoms with Gasteiger partial charge >= 0.3 is 5.97 Å².